The van der Waals surface area contributed by atoms with E-state index in [2.05, 4.69) is 24.1 Å². The molecule has 1 saturated heterocycles. The topological polar surface area (TPSA) is 35.6 Å². The molecular weight excluding hydrogens is 214 g/mol. The van der Waals surface area contributed by atoms with E-state index in [0.29, 0.717) is 18.5 Å². The van der Waals surface area contributed by atoms with Crippen LogP contribution in [0.4, 0.5) is 0 Å². The predicted molar refractivity (Wildman–Crippen MR) is 71.0 cm³/mol. The molecule has 17 heavy (non-hydrogen) atoms. The van der Waals surface area contributed by atoms with Crippen molar-refractivity contribution in [2.45, 2.75) is 32.7 Å². The monoisotopic (exact) mass is 241 g/mol. The van der Waals surface area contributed by atoms with Gasteiger partial charge in [-0.05, 0) is 45.7 Å². The molecule has 1 fully saturated rings. The standard InChI is InChI=1S/C13H27N3O/c1-11(2)16(10-13(17)15(3)4)9-12-6-5-7-14-8-12/h11-12,14H,5-10H2,1-4H3. The Hall–Kier alpha value is -0.610. The summed E-state index contributed by atoms with van der Waals surface area (Å²) in [5.74, 6) is 0.892. The van der Waals surface area contributed by atoms with Crippen molar-refractivity contribution in [3.63, 3.8) is 0 Å². The molecule has 4 heteroatoms. The first-order chi connectivity index (χ1) is 8.00. The zero-order valence-electron chi connectivity index (χ0n) is 11.7. The Bertz CT molecular complexity index is 235. The molecule has 0 saturated carbocycles. The Kier molecular flexibility index (Phi) is 5.92. The van der Waals surface area contributed by atoms with Crippen molar-refractivity contribution >= 4 is 5.91 Å². The third kappa shape index (κ3) is 5.04. The van der Waals surface area contributed by atoms with Crippen LogP contribution in [-0.2, 0) is 4.79 Å². The van der Waals surface area contributed by atoms with Crippen LogP contribution in [0.3, 0.4) is 0 Å². The largest absolute Gasteiger partial charge is 0.348 e. The molecule has 0 aromatic heterocycles. The number of nitrogens with zero attached hydrogens (tertiary/aromatic N) is 2. The van der Waals surface area contributed by atoms with Crippen molar-refractivity contribution in [3.8, 4) is 0 Å². The van der Waals surface area contributed by atoms with E-state index in [9.17, 15) is 4.79 Å². The molecule has 1 heterocycles. The maximum absolute atomic E-state index is 11.8. The van der Waals surface area contributed by atoms with Crippen molar-refractivity contribution in [2.75, 3.05) is 40.3 Å². The second-order valence-electron chi connectivity index (χ2n) is 5.52. The number of nitrogens with one attached hydrogen (secondary N) is 1. The van der Waals surface area contributed by atoms with Gasteiger partial charge in [0.05, 0.1) is 6.54 Å². The first-order valence-corrected chi connectivity index (χ1v) is 6.65. The third-order valence-corrected chi connectivity index (χ3v) is 3.46. The van der Waals surface area contributed by atoms with Gasteiger partial charge in [0.15, 0.2) is 0 Å². The summed E-state index contributed by atoms with van der Waals surface area (Å²) in [7, 11) is 3.64. The molecule has 1 unspecified atom stereocenters. The molecule has 0 aromatic rings. The van der Waals surface area contributed by atoms with Gasteiger partial charge in [-0.1, -0.05) is 0 Å². The van der Waals surface area contributed by atoms with E-state index in [1.165, 1.54) is 12.8 Å². The molecule has 1 amide bonds. The number of hydrogen-bond acceptors (Lipinski definition) is 3. The Morgan fingerprint density at radius 1 is 1.41 bits per heavy atom. The molecule has 0 spiro atoms. The summed E-state index contributed by atoms with van der Waals surface area (Å²) in [4.78, 5) is 15.7. The maximum atomic E-state index is 11.8. The van der Waals surface area contributed by atoms with E-state index in [4.69, 9.17) is 0 Å². The summed E-state index contributed by atoms with van der Waals surface area (Å²) in [6.07, 6.45) is 2.55. The van der Waals surface area contributed by atoms with Crippen LogP contribution in [0.25, 0.3) is 0 Å². The number of hydrogen-bond donors (Lipinski definition) is 1. The Morgan fingerprint density at radius 2 is 2.12 bits per heavy atom. The first kappa shape index (κ1) is 14.5. The summed E-state index contributed by atoms with van der Waals surface area (Å²) < 4.78 is 0. The van der Waals surface area contributed by atoms with Gasteiger partial charge in [-0.15, -0.1) is 0 Å². The van der Waals surface area contributed by atoms with Crippen LogP contribution in [0.15, 0.2) is 0 Å². The molecule has 1 aliphatic rings. The fourth-order valence-corrected chi connectivity index (χ4v) is 2.18. The second kappa shape index (κ2) is 6.97. The lowest BCUT2D eigenvalue weighted by molar-refractivity contribution is -0.130. The van der Waals surface area contributed by atoms with Crippen molar-refractivity contribution in [1.82, 2.24) is 15.1 Å². The molecule has 0 aromatic carbocycles. The number of amides is 1. The van der Waals surface area contributed by atoms with E-state index in [-0.39, 0.29) is 5.91 Å². The van der Waals surface area contributed by atoms with E-state index in [1.54, 1.807) is 4.90 Å². The van der Waals surface area contributed by atoms with Crippen molar-refractivity contribution in [2.24, 2.45) is 5.92 Å². The number of likely N-dealkylation sites (N-methyl/N-ethyl adjacent to an activating group) is 1. The Labute approximate surface area is 105 Å². The third-order valence-electron chi connectivity index (χ3n) is 3.46. The molecule has 1 N–H and O–H groups in total. The summed E-state index contributed by atoms with van der Waals surface area (Å²) in [5, 5.41) is 3.43. The SMILES string of the molecule is CC(C)N(CC(=O)N(C)C)CC1CCCNC1. The highest BCUT2D eigenvalue weighted by molar-refractivity contribution is 5.77. The molecule has 1 aliphatic heterocycles. The van der Waals surface area contributed by atoms with E-state index in [1.807, 2.05) is 14.1 Å². The number of rotatable bonds is 5. The van der Waals surface area contributed by atoms with Gasteiger partial charge in [0.25, 0.3) is 0 Å². The molecule has 4 nitrogen and oxygen atoms in total. The first-order valence-electron chi connectivity index (χ1n) is 6.65. The molecule has 0 radical (unpaired) electrons. The van der Waals surface area contributed by atoms with Crippen LogP contribution >= 0.6 is 0 Å². The fourth-order valence-electron chi connectivity index (χ4n) is 2.18. The van der Waals surface area contributed by atoms with Gasteiger partial charge in [-0.2, -0.15) is 0 Å². The summed E-state index contributed by atoms with van der Waals surface area (Å²) in [6.45, 7) is 8.15. The Balaban J connectivity index is 2.44. The van der Waals surface area contributed by atoms with Crippen LogP contribution in [0.5, 0.6) is 0 Å². The molecule has 1 atom stereocenters. The quantitative estimate of drug-likeness (QED) is 0.773. The number of piperidine rings is 1. The molecule has 100 valence electrons. The fraction of sp³-hybridized carbons (Fsp3) is 0.923. The van der Waals surface area contributed by atoms with Crippen LogP contribution in [0, 0.1) is 5.92 Å². The van der Waals surface area contributed by atoms with Crippen LogP contribution in [0.2, 0.25) is 0 Å². The predicted octanol–water partition coefficient (Wildman–Crippen LogP) is 0.785. The highest BCUT2D eigenvalue weighted by atomic mass is 16.2. The van der Waals surface area contributed by atoms with Gasteiger partial charge in [-0.3, -0.25) is 9.69 Å². The highest BCUT2D eigenvalue weighted by Crippen LogP contribution is 2.13. The van der Waals surface area contributed by atoms with Gasteiger partial charge >= 0.3 is 0 Å². The molecular formula is C13H27N3O. The van der Waals surface area contributed by atoms with Crippen molar-refractivity contribution < 1.29 is 4.79 Å². The second-order valence-corrected chi connectivity index (χ2v) is 5.52. The van der Waals surface area contributed by atoms with Gasteiger partial charge in [-0.25, -0.2) is 0 Å². The van der Waals surface area contributed by atoms with Crippen molar-refractivity contribution in [3.05, 3.63) is 0 Å². The lowest BCUT2D eigenvalue weighted by Crippen LogP contribution is -2.45. The summed E-state index contributed by atoms with van der Waals surface area (Å²) in [6, 6.07) is 0.431. The zero-order chi connectivity index (χ0) is 12.8. The maximum Gasteiger partial charge on any atom is 0.236 e. The van der Waals surface area contributed by atoms with E-state index in [0.717, 1.165) is 19.6 Å². The van der Waals surface area contributed by atoms with E-state index < -0.39 is 0 Å². The minimum absolute atomic E-state index is 0.197. The van der Waals surface area contributed by atoms with E-state index >= 15 is 0 Å². The zero-order valence-corrected chi connectivity index (χ0v) is 11.7. The summed E-state index contributed by atoms with van der Waals surface area (Å²) in [5.41, 5.74) is 0. The smallest absolute Gasteiger partial charge is 0.236 e. The average molecular weight is 241 g/mol. The van der Waals surface area contributed by atoms with Gasteiger partial charge in [0.2, 0.25) is 5.91 Å². The molecule has 0 bridgehead atoms. The van der Waals surface area contributed by atoms with Gasteiger partial charge in [0.1, 0.15) is 0 Å². The normalized spacial score (nSPS) is 20.9. The minimum Gasteiger partial charge on any atom is -0.348 e. The van der Waals surface area contributed by atoms with Gasteiger partial charge < -0.3 is 10.2 Å². The molecule has 1 rings (SSSR count). The van der Waals surface area contributed by atoms with Gasteiger partial charge in [0, 0.05) is 26.7 Å². The average Bonchev–Trinajstić information content (AvgIpc) is 2.29. The lowest BCUT2D eigenvalue weighted by atomic mass is 9.98. The highest BCUT2D eigenvalue weighted by Gasteiger charge is 2.21. The van der Waals surface area contributed by atoms with Crippen LogP contribution < -0.4 is 5.32 Å². The molecule has 0 aliphatic carbocycles. The number of carbonyl (C=O) groups excluding carboxylic acids is 1. The van der Waals surface area contributed by atoms with Crippen LogP contribution in [-0.4, -0.2) is 62.0 Å². The van der Waals surface area contributed by atoms with Crippen molar-refractivity contribution in [1.29, 1.82) is 0 Å². The Morgan fingerprint density at radius 3 is 2.59 bits per heavy atom. The minimum atomic E-state index is 0.197. The van der Waals surface area contributed by atoms with Crippen LogP contribution in [0.1, 0.15) is 26.7 Å². The summed E-state index contributed by atoms with van der Waals surface area (Å²) >= 11 is 0. The lowest BCUT2D eigenvalue weighted by Gasteiger charge is -2.32. The number of carbonyl (C=O) groups is 1.